The summed E-state index contributed by atoms with van der Waals surface area (Å²) in [5.41, 5.74) is 4.13. The molecule has 0 bridgehead atoms. The van der Waals surface area contributed by atoms with Crippen LogP contribution in [0.4, 0.5) is 0 Å². The van der Waals surface area contributed by atoms with Gasteiger partial charge in [-0.3, -0.25) is 29.5 Å². The average molecular weight is 792 g/mol. The van der Waals surface area contributed by atoms with Crippen molar-refractivity contribution in [2.45, 2.75) is 0 Å². The molecule has 13 nitrogen and oxygen atoms in total. The minimum absolute atomic E-state index is 0. The van der Waals surface area contributed by atoms with Crippen LogP contribution >= 0.6 is 0 Å². The van der Waals surface area contributed by atoms with Crippen molar-refractivity contribution in [2.75, 3.05) is 0 Å². The molecule has 5 heterocycles. The van der Waals surface area contributed by atoms with Crippen molar-refractivity contribution in [1.82, 2.24) is 24.9 Å². The number of carboxylic acid groups (broad SMARTS) is 2. The third-order valence-corrected chi connectivity index (χ3v) is 7.62. The zero-order valence-corrected chi connectivity index (χ0v) is 28.9. The van der Waals surface area contributed by atoms with Gasteiger partial charge in [-0.2, -0.15) is 0 Å². The molecule has 0 unspecified atom stereocenters. The van der Waals surface area contributed by atoms with Crippen LogP contribution in [0.1, 0.15) is 20.7 Å². The molecule has 8 rings (SSSR count). The Morgan fingerprint density at radius 2 is 0.981 bits per heavy atom. The van der Waals surface area contributed by atoms with Gasteiger partial charge in [-0.25, -0.2) is 9.59 Å². The van der Waals surface area contributed by atoms with Gasteiger partial charge in [0.1, 0.15) is 22.5 Å². The predicted octanol–water partition coefficient (Wildman–Crippen LogP) is 6.58. The van der Waals surface area contributed by atoms with Gasteiger partial charge in [-0.1, -0.05) is 24.3 Å². The van der Waals surface area contributed by atoms with E-state index in [4.69, 9.17) is 19.7 Å². The summed E-state index contributed by atoms with van der Waals surface area (Å²) < 4.78 is 9.82. The minimum atomic E-state index is -1.06. The summed E-state index contributed by atoms with van der Waals surface area (Å²) in [6.45, 7) is 0.719. The summed E-state index contributed by atoms with van der Waals surface area (Å²) in [5.74, 6) is -1.33. The first-order valence-electron chi connectivity index (χ1n) is 15.3. The zero-order valence-electron chi connectivity index (χ0n) is 27.1. The molecule has 3 aromatic carbocycles. The second-order valence-electron chi connectivity index (χ2n) is 10.6. The van der Waals surface area contributed by atoms with E-state index in [0.29, 0.717) is 68.1 Å². The summed E-state index contributed by atoms with van der Waals surface area (Å²) in [6.07, 6.45) is 7.59. The Morgan fingerprint density at radius 1 is 0.528 bits per heavy atom. The number of aromatic carboxylic acids is 2. The van der Waals surface area contributed by atoms with Gasteiger partial charge >= 0.3 is 31.4 Å². The molecule has 0 saturated carbocycles. The Bertz CT molecular complexity index is 2410. The molecule has 2 N–H and O–H groups in total. The molecule has 0 aliphatic rings. The van der Waals surface area contributed by atoms with Gasteiger partial charge in [0.05, 0.1) is 22.2 Å². The number of nitrogens with zero attached hydrogens (tertiary/aromatic N) is 5. The fourth-order valence-corrected chi connectivity index (χ4v) is 5.36. The van der Waals surface area contributed by atoms with Crippen molar-refractivity contribution in [3.63, 3.8) is 0 Å². The first kappa shape index (κ1) is 37.2. The van der Waals surface area contributed by atoms with Crippen LogP contribution in [0.25, 0.3) is 54.9 Å². The largest absolute Gasteiger partial charge is 1.00 e. The van der Waals surface area contributed by atoms with E-state index in [1.165, 1.54) is 36.9 Å². The van der Waals surface area contributed by atoms with Crippen LogP contribution in [-0.2, 0) is 29.1 Å². The fraction of sp³-hybridized carbons (Fsp3) is 0. The number of pyridine rings is 5. The summed E-state index contributed by atoms with van der Waals surface area (Å²) in [7, 11) is 0. The first-order chi connectivity index (χ1) is 25.4. The topological polar surface area (TPSA) is 192 Å². The van der Waals surface area contributed by atoms with Gasteiger partial charge < -0.3 is 24.7 Å². The first-order valence-corrected chi connectivity index (χ1v) is 15.3. The average Bonchev–Trinajstić information content (AvgIpc) is 3.19. The molecule has 0 atom stereocenters. The number of carbonyl (C=O) groups excluding carboxylic acids is 2. The molecule has 0 amide bonds. The Hall–Kier alpha value is -7.05. The van der Waals surface area contributed by atoms with E-state index in [9.17, 15) is 19.2 Å². The van der Waals surface area contributed by atoms with Crippen LogP contribution in [0, 0.1) is 6.07 Å². The third kappa shape index (κ3) is 8.14. The SMILES string of the molecule is O=C(O)c1ccnc2c1ccc1c(C(=O)O)ccnc12.O=COc1ccnc2c1ccc1c(OC=O)ccnc12.[Ru+].[c-]1ccccc1-c1ccccn1. The number of carbonyl (C=O) groups is 4. The third-order valence-electron chi connectivity index (χ3n) is 7.62. The van der Waals surface area contributed by atoms with Crippen LogP contribution in [0.3, 0.4) is 0 Å². The standard InChI is InChI=1S/2C14H8N2O4.C11H8N.Ru/c17-7-19-11-3-5-15-13-9(11)1-2-10-12(20-8-18)4-6-16-14(10)13;17-13(18)9-3-5-15-11-7(9)1-2-8-10(14(19)20)4-6-16-12(8)11;1-2-6-10(7-3-1)11-8-4-5-9-12-11;/h1-8H;1-6H,(H,17,18)(H,19,20);1-6,8-9H;/q;;-1;+1. The van der Waals surface area contributed by atoms with E-state index in [1.807, 2.05) is 42.5 Å². The Morgan fingerprint density at radius 3 is 1.40 bits per heavy atom. The Balaban J connectivity index is 0.000000157. The smallest absolute Gasteiger partial charge is 0.478 e. The van der Waals surface area contributed by atoms with Crippen molar-refractivity contribution in [1.29, 1.82) is 0 Å². The molecule has 5 aromatic heterocycles. The molecule has 14 heteroatoms. The molecule has 0 fully saturated rings. The summed E-state index contributed by atoms with van der Waals surface area (Å²) in [5, 5.41) is 20.5. The molecule has 261 valence electrons. The number of fused-ring (bicyclic) bond motifs is 6. The predicted molar refractivity (Wildman–Crippen MR) is 190 cm³/mol. The molecule has 8 aromatic rings. The van der Waals surface area contributed by atoms with E-state index < -0.39 is 11.9 Å². The molecule has 0 aliphatic heterocycles. The quantitative estimate of drug-likeness (QED) is 0.0762. The maximum atomic E-state index is 11.2. The minimum Gasteiger partial charge on any atom is -0.478 e. The van der Waals surface area contributed by atoms with Crippen molar-refractivity contribution in [3.05, 3.63) is 139 Å². The number of aromatic nitrogens is 5. The van der Waals surface area contributed by atoms with Crippen molar-refractivity contribution >= 4 is 68.5 Å². The van der Waals surface area contributed by atoms with Gasteiger partial charge in [0, 0.05) is 52.5 Å². The summed E-state index contributed by atoms with van der Waals surface area (Å²) in [6, 6.07) is 29.4. The summed E-state index contributed by atoms with van der Waals surface area (Å²) in [4.78, 5) is 64.4. The number of carboxylic acids is 2. The molecule has 53 heavy (non-hydrogen) atoms. The maximum absolute atomic E-state index is 11.2. The van der Waals surface area contributed by atoms with Crippen LogP contribution in [0.5, 0.6) is 11.5 Å². The van der Waals surface area contributed by atoms with E-state index in [1.54, 1.807) is 42.6 Å². The van der Waals surface area contributed by atoms with Gasteiger partial charge in [0.15, 0.2) is 0 Å². The molecule has 0 saturated heterocycles. The molecule has 0 aliphatic carbocycles. The second-order valence-corrected chi connectivity index (χ2v) is 10.6. The Kier molecular flexibility index (Phi) is 12.1. The fourth-order valence-electron chi connectivity index (χ4n) is 5.36. The van der Waals surface area contributed by atoms with Crippen LogP contribution in [-0.4, -0.2) is 60.0 Å². The molecular formula is C39H24N5O8Ru. The summed E-state index contributed by atoms with van der Waals surface area (Å²) >= 11 is 0. The van der Waals surface area contributed by atoms with E-state index in [2.05, 4.69) is 31.0 Å². The second kappa shape index (κ2) is 17.3. The number of hydrogen-bond acceptors (Lipinski definition) is 11. The van der Waals surface area contributed by atoms with E-state index in [-0.39, 0.29) is 30.6 Å². The molecule has 1 radical (unpaired) electrons. The number of ether oxygens (including phenoxy) is 2. The molecule has 0 spiro atoms. The van der Waals surface area contributed by atoms with Gasteiger partial charge in [-0.15, -0.1) is 35.9 Å². The van der Waals surface area contributed by atoms with E-state index in [0.717, 1.165) is 11.3 Å². The normalized spacial score (nSPS) is 10.2. The number of rotatable bonds is 7. The van der Waals surface area contributed by atoms with Gasteiger partial charge in [0.25, 0.3) is 12.9 Å². The van der Waals surface area contributed by atoms with E-state index >= 15 is 0 Å². The zero-order chi connectivity index (χ0) is 36.5. The number of benzene rings is 3. The monoisotopic (exact) mass is 792 g/mol. The van der Waals surface area contributed by atoms with Crippen molar-refractivity contribution in [2.24, 2.45) is 0 Å². The van der Waals surface area contributed by atoms with Crippen LogP contribution in [0.15, 0.2) is 122 Å². The Labute approximate surface area is 312 Å². The van der Waals surface area contributed by atoms with Crippen LogP contribution in [0.2, 0.25) is 0 Å². The molecular weight excluding hydrogens is 768 g/mol. The maximum Gasteiger partial charge on any atom is 1.00 e. The van der Waals surface area contributed by atoms with Crippen LogP contribution < -0.4 is 9.47 Å². The van der Waals surface area contributed by atoms with Gasteiger partial charge in [-0.05, 0) is 48.2 Å². The van der Waals surface area contributed by atoms with Gasteiger partial charge in [0.2, 0.25) is 0 Å². The number of hydrogen-bond donors (Lipinski definition) is 2. The van der Waals surface area contributed by atoms with Crippen molar-refractivity contribution < 1.29 is 58.3 Å². The van der Waals surface area contributed by atoms with Crippen molar-refractivity contribution in [3.8, 4) is 22.8 Å².